The van der Waals surface area contributed by atoms with Crippen LogP contribution in [0.4, 0.5) is 0 Å². The summed E-state index contributed by atoms with van der Waals surface area (Å²) in [6.07, 6.45) is -0.423. The van der Waals surface area contributed by atoms with Crippen molar-refractivity contribution in [1.29, 1.82) is 0 Å². The van der Waals surface area contributed by atoms with Gasteiger partial charge >= 0.3 is 0 Å². The van der Waals surface area contributed by atoms with Crippen LogP contribution in [-0.4, -0.2) is 5.11 Å². The Morgan fingerprint density at radius 1 is 1.07 bits per heavy atom. The molecule has 14 heavy (non-hydrogen) atoms. The first-order valence-electron chi connectivity index (χ1n) is 4.55. The minimum atomic E-state index is -0.423. The molecule has 0 bridgehead atoms. The summed E-state index contributed by atoms with van der Waals surface area (Å²) in [5.74, 6) is 0. The summed E-state index contributed by atoms with van der Waals surface area (Å²) in [6, 6.07) is 12.0. The molecule has 0 radical (unpaired) electrons. The molecule has 2 rings (SSSR count). The van der Waals surface area contributed by atoms with E-state index in [1.165, 1.54) is 0 Å². The van der Waals surface area contributed by atoms with Gasteiger partial charge < -0.3 is 5.11 Å². The second-order valence-corrected chi connectivity index (χ2v) is 4.21. The summed E-state index contributed by atoms with van der Waals surface area (Å²) in [5, 5.41) is 11.8. The monoisotopic (exact) mass is 250 g/mol. The average Bonchev–Trinajstić information content (AvgIpc) is 2.18. The van der Waals surface area contributed by atoms with Crippen molar-refractivity contribution >= 4 is 26.7 Å². The van der Waals surface area contributed by atoms with Crippen molar-refractivity contribution in [3.63, 3.8) is 0 Å². The van der Waals surface area contributed by atoms with Crippen LogP contribution < -0.4 is 0 Å². The van der Waals surface area contributed by atoms with Gasteiger partial charge in [-0.25, -0.2) is 0 Å². The largest absolute Gasteiger partial charge is 0.389 e. The van der Waals surface area contributed by atoms with Crippen molar-refractivity contribution in [2.24, 2.45) is 0 Å². The highest BCUT2D eigenvalue weighted by atomic mass is 79.9. The molecule has 0 unspecified atom stereocenters. The van der Waals surface area contributed by atoms with E-state index in [4.69, 9.17) is 0 Å². The quantitative estimate of drug-likeness (QED) is 0.820. The number of hydrogen-bond donors (Lipinski definition) is 1. The maximum absolute atomic E-state index is 9.60. The third-order valence-corrected chi connectivity index (χ3v) is 3.05. The predicted molar refractivity (Wildman–Crippen MR) is 62.3 cm³/mol. The smallest absolute Gasteiger partial charge is 0.0767 e. The molecular formula is C12H11BrO. The number of benzene rings is 2. The minimum absolute atomic E-state index is 0.423. The Bertz CT molecular complexity index is 463. The first kappa shape index (κ1) is 9.69. The third kappa shape index (κ3) is 1.56. The van der Waals surface area contributed by atoms with Gasteiger partial charge in [-0.2, -0.15) is 0 Å². The number of hydrogen-bond acceptors (Lipinski definition) is 1. The van der Waals surface area contributed by atoms with E-state index in [-0.39, 0.29) is 0 Å². The van der Waals surface area contributed by atoms with Crippen LogP contribution in [0.2, 0.25) is 0 Å². The molecule has 72 valence electrons. The van der Waals surface area contributed by atoms with E-state index in [1.54, 1.807) is 6.92 Å². The van der Waals surface area contributed by atoms with Gasteiger partial charge in [0.1, 0.15) is 0 Å². The number of halogens is 1. The molecule has 2 aromatic carbocycles. The standard InChI is InChI=1S/C12H11BrO/c1-8(14)9-6-7-12(13)11-5-3-2-4-10(9)11/h2-8,14H,1H3/t8-/m0/s1. The molecular weight excluding hydrogens is 240 g/mol. The number of fused-ring (bicyclic) bond motifs is 1. The molecule has 0 aromatic heterocycles. The molecule has 2 aromatic rings. The molecule has 0 heterocycles. The van der Waals surface area contributed by atoms with Crippen molar-refractivity contribution in [3.05, 3.63) is 46.4 Å². The van der Waals surface area contributed by atoms with Crippen LogP contribution >= 0.6 is 15.9 Å². The fraction of sp³-hybridized carbons (Fsp3) is 0.167. The van der Waals surface area contributed by atoms with Crippen LogP contribution in [-0.2, 0) is 0 Å². The number of rotatable bonds is 1. The van der Waals surface area contributed by atoms with Crippen LogP contribution in [0, 0.1) is 0 Å². The van der Waals surface area contributed by atoms with Gasteiger partial charge in [0.25, 0.3) is 0 Å². The van der Waals surface area contributed by atoms with E-state index >= 15 is 0 Å². The van der Waals surface area contributed by atoms with Crippen LogP contribution in [0.15, 0.2) is 40.9 Å². The Morgan fingerprint density at radius 2 is 1.71 bits per heavy atom. The Balaban J connectivity index is 2.82. The zero-order valence-corrected chi connectivity index (χ0v) is 9.45. The van der Waals surface area contributed by atoms with Gasteiger partial charge in [-0.1, -0.05) is 46.3 Å². The van der Waals surface area contributed by atoms with Crippen molar-refractivity contribution in [3.8, 4) is 0 Å². The van der Waals surface area contributed by atoms with Gasteiger partial charge in [0, 0.05) is 4.47 Å². The number of aliphatic hydroxyl groups excluding tert-OH is 1. The zero-order valence-electron chi connectivity index (χ0n) is 7.87. The molecule has 1 atom stereocenters. The van der Waals surface area contributed by atoms with Gasteiger partial charge in [-0.15, -0.1) is 0 Å². The molecule has 0 saturated heterocycles. The third-order valence-electron chi connectivity index (χ3n) is 2.35. The summed E-state index contributed by atoms with van der Waals surface area (Å²) in [7, 11) is 0. The van der Waals surface area contributed by atoms with E-state index in [0.29, 0.717) is 0 Å². The Morgan fingerprint density at radius 3 is 2.36 bits per heavy atom. The molecule has 0 aliphatic heterocycles. The lowest BCUT2D eigenvalue weighted by molar-refractivity contribution is 0.201. The fourth-order valence-corrected chi connectivity index (χ4v) is 2.13. The first-order chi connectivity index (χ1) is 6.70. The Hall–Kier alpha value is -0.860. The second-order valence-electron chi connectivity index (χ2n) is 3.36. The summed E-state index contributed by atoms with van der Waals surface area (Å²) in [6.45, 7) is 1.79. The van der Waals surface area contributed by atoms with Crippen LogP contribution in [0.3, 0.4) is 0 Å². The lowest BCUT2D eigenvalue weighted by atomic mass is 10.0. The summed E-state index contributed by atoms with van der Waals surface area (Å²) >= 11 is 3.50. The van der Waals surface area contributed by atoms with E-state index in [2.05, 4.69) is 15.9 Å². The second kappa shape index (κ2) is 3.71. The minimum Gasteiger partial charge on any atom is -0.389 e. The van der Waals surface area contributed by atoms with Crippen LogP contribution in [0.5, 0.6) is 0 Å². The highest BCUT2D eigenvalue weighted by Crippen LogP contribution is 2.29. The molecule has 0 saturated carbocycles. The van der Waals surface area contributed by atoms with E-state index in [0.717, 1.165) is 20.8 Å². The van der Waals surface area contributed by atoms with E-state index in [9.17, 15) is 5.11 Å². The predicted octanol–water partition coefficient (Wildman–Crippen LogP) is 3.66. The molecule has 0 amide bonds. The average molecular weight is 251 g/mol. The van der Waals surface area contributed by atoms with E-state index in [1.807, 2.05) is 36.4 Å². The normalized spacial score (nSPS) is 13.1. The van der Waals surface area contributed by atoms with Crippen molar-refractivity contribution in [2.75, 3.05) is 0 Å². The van der Waals surface area contributed by atoms with E-state index < -0.39 is 6.10 Å². The van der Waals surface area contributed by atoms with Gasteiger partial charge in [-0.3, -0.25) is 0 Å². The highest BCUT2D eigenvalue weighted by molar-refractivity contribution is 9.10. The number of aliphatic hydroxyl groups is 1. The highest BCUT2D eigenvalue weighted by Gasteiger charge is 2.07. The van der Waals surface area contributed by atoms with Crippen molar-refractivity contribution in [2.45, 2.75) is 13.0 Å². The maximum atomic E-state index is 9.60. The zero-order chi connectivity index (χ0) is 10.1. The summed E-state index contributed by atoms with van der Waals surface area (Å²) in [5.41, 5.74) is 0.976. The molecule has 1 N–H and O–H groups in total. The molecule has 1 nitrogen and oxygen atoms in total. The molecule has 0 aliphatic rings. The topological polar surface area (TPSA) is 20.2 Å². The van der Waals surface area contributed by atoms with Crippen molar-refractivity contribution in [1.82, 2.24) is 0 Å². The summed E-state index contributed by atoms with van der Waals surface area (Å²) in [4.78, 5) is 0. The fourth-order valence-electron chi connectivity index (χ4n) is 1.65. The summed E-state index contributed by atoms with van der Waals surface area (Å²) < 4.78 is 1.07. The molecule has 0 spiro atoms. The lowest BCUT2D eigenvalue weighted by Gasteiger charge is -2.10. The Kier molecular flexibility index (Phi) is 2.57. The molecule has 0 fully saturated rings. The van der Waals surface area contributed by atoms with Crippen LogP contribution in [0.25, 0.3) is 10.8 Å². The van der Waals surface area contributed by atoms with Gasteiger partial charge in [0.05, 0.1) is 6.10 Å². The first-order valence-corrected chi connectivity index (χ1v) is 5.34. The van der Waals surface area contributed by atoms with Crippen LogP contribution in [0.1, 0.15) is 18.6 Å². The SMILES string of the molecule is C[C@H](O)c1ccc(Br)c2ccccc12. The molecule has 2 heteroatoms. The van der Waals surface area contributed by atoms with Gasteiger partial charge in [-0.05, 0) is 29.3 Å². The lowest BCUT2D eigenvalue weighted by Crippen LogP contribution is -1.92. The van der Waals surface area contributed by atoms with Crippen molar-refractivity contribution < 1.29 is 5.11 Å². The van der Waals surface area contributed by atoms with Gasteiger partial charge in [0.15, 0.2) is 0 Å². The van der Waals surface area contributed by atoms with Gasteiger partial charge in [0.2, 0.25) is 0 Å². The molecule has 0 aliphatic carbocycles. The Labute approximate surface area is 91.5 Å². The maximum Gasteiger partial charge on any atom is 0.0767 e.